The van der Waals surface area contributed by atoms with E-state index in [0.29, 0.717) is 11.7 Å². The van der Waals surface area contributed by atoms with E-state index in [9.17, 15) is 9.90 Å². The minimum atomic E-state index is -0.201. The van der Waals surface area contributed by atoms with Crippen molar-refractivity contribution in [1.29, 1.82) is 0 Å². The molecule has 1 aromatic rings. The molecule has 1 aliphatic heterocycles. The Morgan fingerprint density at radius 3 is 3.25 bits per heavy atom. The number of hydrogen-bond donors (Lipinski definition) is 2. The van der Waals surface area contributed by atoms with Gasteiger partial charge in [0.2, 0.25) is 5.91 Å². The van der Waals surface area contributed by atoms with Gasteiger partial charge in [0.25, 0.3) is 0 Å². The number of rotatable bonds is 3. The first-order valence-corrected chi connectivity index (χ1v) is 6.14. The molecule has 1 aromatic heterocycles. The SMILES string of the molecule is CC(=O)Nc1nc(CN2CCC(O)C2)cs1. The summed E-state index contributed by atoms with van der Waals surface area (Å²) in [5, 5.41) is 14.6. The highest BCUT2D eigenvalue weighted by Crippen LogP contribution is 2.18. The highest BCUT2D eigenvalue weighted by molar-refractivity contribution is 7.13. The first-order valence-electron chi connectivity index (χ1n) is 5.26. The lowest BCUT2D eigenvalue weighted by atomic mass is 10.3. The maximum Gasteiger partial charge on any atom is 0.223 e. The highest BCUT2D eigenvalue weighted by atomic mass is 32.1. The van der Waals surface area contributed by atoms with Gasteiger partial charge in [-0.1, -0.05) is 0 Å². The van der Waals surface area contributed by atoms with Crippen LogP contribution in [0.4, 0.5) is 5.13 Å². The Hall–Kier alpha value is -0.980. The molecule has 1 fully saturated rings. The number of hydrogen-bond acceptors (Lipinski definition) is 5. The van der Waals surface area contributed by atoms with Gasteiger partial charge < -0.3 is 10.4 Å². The Bertz CT molecular complexity index is 380. The van der Waals surface area contributed by atoms with Crippen molar-refractivity contribution in [2.75, 3.05) is 18.4 Å². The molecule has 2 N–H and O–H groups in total. The number of amides is 1. The van der Waals surface area contributed by atoms with Crippen molar-refractivity contribution in [3.05, 3.63) is 11.1 Å². The van der Waals surface area contributed by atoms with Gasteiger partial charge in [-0.3, -0.25) is 9.69 Å². The Labute approximate surface area is 98.1 Å². The smallest absolute Gasteiger partial charge is 0.223 e. The molecule has 2 rings (SSSR count). The lowest BCUT2D eigenvalue weighted by Gasteiger charge is -2.12. The summed E-state index contributed by atoms with van der Waals surface area (Å²) < 4.78 is 0. The number of carbonyl (C=O) groups is 1. The summed E-state index contributed by atoms with van der Waals surface area (Å²) in [6, 6.07) is 0. The van der Waals surface area contributed by atoms with Gasteiger partial charge in [0.05, 0.1) is 11.8 Å². The number of aliphatic hydroxyl groups excluding tert-OH is 1. The predicted octanol–water partition coefficient (Wildman–Crippen LogP) is 0.668. The molecule has 6 heteroatoms. The molecular formula is C10H15N3O2S. The Balaban J connectivity index is 1.90. The van der Waals surface area contributed by atoms with E-state index >= 15 is 0 Å². The number of aliphatic hydroxyl groups is 1. The predicted molar refractivity (Wildman–Crippen MR) is 62.3 cm³/mol. The maximum absolute atomic E-state index is 10.8. The van der Waals surface area contributed by atoms with Gasteiger partial charge >= 0.3 is 0 Å². The average Bonchev–Trinajstić information content (AvgIpc) is 2.76. The lowest BCUT2D eigenvalue weighted by Crippen LogP contribution is -2.21. The van der Waals surface area contributed by atoms with E-state index in [1.165, 1.54) is 18.3 Å². The van der Waals surface area contributed by atoms with Gasteiger partial charge in [0, 0.05) is 31.9 Å². The van der Waals surface area contributed by atoms with Crippen LogP contribution in [-0.2, 0) is 11.3 Å². The summed E-state index contributed by atoms with van der Waals surface area (Å²) in [6.07, 6.45) is 0.635. The van der Waals surface area contributed by atoms with Crippen LogP contribution in [-0.4, -0.2) is 40.1 Å². The van der Waals surface area contributed by atoms with Crippen molar-refractivity contribution in [2.24, 2.45) is 0 Å². The van der Waals surface area contributed by atoms with Crippen LogP contribution in [0.5, 0.6) is 0 Å². The quantitative estimate of drug-likeness (QED) is 0.816. The largest absolute Gasteiger partial charge is 0.392 e. The molecule has 5 nitrogen and oxygen atoms in total. The number of thiazole rings is 1. The first-order chi connectivity index (χ1) is 7.63. The Morgan fingerprint density at radius 2 is 2.62 bits per heavy atom. The van der Waals surface area contributed by atoms with Crippen LogP contribution < -0.4 is 5.32 Å². The second-order valence-corrected chi connectivity index (χ2v) is 4.86. The van der Waals surface area contributed by atoms with Crippen LogP contribution >= 0.6 is 11.3 Å². The molecule has 1 amide bonds. The summed E-state index contributed by atoms with van der Waals surface area (Å²) in [4.78, 5) is 17.3. The van der Waals surface area contributed by atoms with Gasteiger partial charge in [0.15, 0.2) is 5.13 Å². The summed E-state index contributed by atoms with van der Waals surface area (Å²) in [7, 11) is 0. The van der Waals surface area contributed by atoms with E-state index in [0.717, 1.165) is 25.2 Å². The number of β-amino-alcohol motifs (C(OH)–C–C–N with tert-alkyl or cyclic N) is 1. The van der Waals surface area contributed by atoms with Crippen molar-refractivity contribution < 1.29 is 9.90 Å². The molecule has 0 aliphatic carbocycles. The molecule has 0 radical (unpaired) electrons. The average molecular weight is 241 g/mol. The molecule has 1 unspecified atom stereocenters. The van der Waals surface area contributed by atoms with Gasteiger partial charge in [0.1, 0.15) is 0 Å². The fourth-order valence-corrected chi connectivity index (χ4v) is 2.52. The van der Waals surface area contributed by atoms with Crippen LogP contribution in [0.15, 0.2) is 5.38 Å². The van der Waals surface area contributed by atoms with E-state index in [2.05, 4.69) is 15.2 Å². The van der Waals surface area contributed by atoms with Crippen molar-refractivity contribution >= 4 is 22.4 Å². The van der Waals surface area contributed by atoms with Crippen molar-refractivity contribution in [1.82, 2.24) is 9.88 Å². The number of carbonyl (C=O) groups excluding carboxylic acids is 1. The van der Waals surface area contributed by atoms with Crippen molar-refractivity contribution in [3.8, 4) is 0 Å². The van der Waals surface area contributed by atoms with E-state index in [-0.39, 0.29) is 12.0 Å². The maximum atomic E-state index is 10.8. The lowest BCUT2D eigenvalue weighted by molar-refractivity contribution is -0.114. The molecule has 0 bridgehead atoms. The first kappa shape index (κ1) is 11.5. The number of likely N-dealkylation sites (tertiary alicyclic amines) is 1. The molecule has 0 saturated carbocycles. The fourth-order valence-electron chi connectivity index (χ4n) is 1.77. The molecule has 1 aliphatic rings. The Kier molecular flexibility index (Phi) is 3.52. The Morgan fingerprint density at radius 1 is 1.81 bits per heavy atom. The second kappa shape index (κ2) is 4.90. The van der Waals surface area contributed by atoms with E-state index < -0.39 is 0 Å². The minimum Gasteiger partial charge on any atom is -0.392 e. The van der Waals surface area contributed by atoms with Crippen molar-refractivity contribution in [2.45, 2.75) is 26.0 Å². The van der Waals surface area contributed by atoms with Crippen molar-refractivity contribution in [3.63, 3.8) is 0 Å². The molecule has 88 valence electrons. The van der Waals surface area contributed by atoms with Crippen LogP contribution in [0.1, 0.15) is 19.0 Å². The van der Waals surface area contributed by atoms with Gasteiger partial charge in [-0.05, 0) is 6.42 Å². The number of nitrogens with zero attached hydrogens (tertiary/aromatic N) is 2. The topological polar surface area (TPSA) is 65.5 Å². The summed E-state index contributed by atoms with van der Waals surface area (Å²) in [6.45, 7) is 3.84. The molecule has 0 spiro atoms. The fraction of sp³-hybridized carbons (Fsp3) is 0.600. The van der Waals surface area contributed by atoms with Gasteiger partial charge in [-0.15, -0.1) is 11.3 Å². The van der Waals surface area contributed by atoms with E-state index in [4.69, 9.17) is 0 Å². The molecule has 1 saturated heterocycles. The van der Waals surface area contributed by atoms with Crippen LogP contribution in [0, 0.1) is 0 Å². The minimum absolute atomic E-state index is 0.0995. The van der Waals surface area contributed by atoms with E-state index in [1.807, 2.05) is 5.38 Å². The zero-order valence-electron chi connectivity index (χ0n) is 9.14. The molecule has 0 aromatic carbocycles. The third-order valence-corrected chi connectivity index (χ3v) is 3.27. The van der Waals surface area contributed by atoms with Crippen LogP contribution in [0.3, 0.4) is 0 Å². The third-order valence-electron chi connectivity index (χ3n) is 2.47. The summed E-state index contributed by atoms with van der Waals surface area (Å²) in [5.41, 5.74) is 0.947. The number of nitrogens with one attached hydrogen (secondary N) is 1. The standard InChI is InChI=1S/C10H15N3O2S/c1-7(14)11-10-12-8(6-16-10)4-13-3-2-9(15)5-13/h6,9,15H,2-5H2,1H3,(H,11,12,14). The molecule has 2 heterocycles. The number of anilines is 1. The van der Waals surface area contributed by atoms with Gasteiger partial charge in [-0.2, -0.15) is 0 Å². The third kappa shape index (κ3) is 3.01. The molecule has 1 atom stereocenters. The molecule has 16 heavy (non-hydrogen) atoms. The van der Waals surface area contributed by atoms with Crippen LogP contribution in [0.25, 0.3) is 0 Å². The van der Waals surface area contributed by atoms with Crippen LogP contribution in [0.2, 0.25) is 0 Å². The van der Waals surface area contributed by atoms with E-state index in [1.54, 1.807) is 0 Å². The normalized spacial score (nSPS) is 21.2. The zero-order valence-corrected chi connectivity index (χ0v) is 9.96. The summed E-state index contributed by atoms with van der Waals surface area (Å²) >= 11 is 1.43. The zero-order chi connectivity index (χ0) is 11.5. The highest BCUT2D eigenvalue weighted by Gasteiger charge is 2.20. The summed E-state index contributed by atoms with van der Waals surface area (Å²) in [5.74, 6) is -0.0995. The second-order valence-electron chi connectivity index (χ2n) is 4.00. The monoisotopic (exact) mass is 241 g/mol. The number of aromatic nitrogens is 1. The molecular weight excluding hydrogens is 226 g/mol. The van der Waals surface area contributed by atoms with Gasteiger partial charge in [-0.25, -0.2) is 4.98 Å².